The minimum absolute atomic E-state index is 0.0991. The molecule has 1 saturated carbocycles. The second-order valence-corrected chi connectivity index (χ2v) is 4.76. The van der Waals surface area contributed by atoms with E-state index in [1.807, 2.05) is 4.90 Å². The van der Waals surface area contributed by atoms with Crippen LogP contribution in [0.1, 0.15) is 37.0 Å². The lowest BCUT2D eigenvalue weighted by Gasteiger charge is -2.24. The van der Waals surface area contributed by atoms with Gasteiger partial charge >= 0.3 is 11.9 Å². The molecule has 0 amide bonds. The lowest BCUT2D eigenvalue weighted by atomic mass is 10.2. The SMILES string of the molecule is CCOC(=O)CN(c1ncccc1C(=O)OCC)C1CC1. The molecule has 2 rings (SSSR count). The Morgan fingerprint density at radius 1 is 1.29 bits per heavy atom. The predicted molar refractivity (Wildman–Crippen MR) is 77.2 cm³/mol. The monoisotopic (exact) mass is 292 g/mol. The van der Waals surface area contributed by atoms with Crippen LogP contribution < -0.4 is 4.90 Å². The van der Waals surface area contributed by atoms with Crippen LogP contribution in [0.3, 0.4) is 0 Å². The van der Waals surface area contributed by atoms with Gasteiger partial charge in [0.05, 0.1) is 13.2 Å². The van der Waals surface area contributed by atoms with Crippen molar-refractivity contribution in [2.24, 2.45) is 0 Å². The van der Waals surface area contributed by atoms with E-state index in [9.17, 15) is 9.59 Å². The fraction of sp³-hybridized carbons (Fsp3) is 0.533. The van der Waals surface area contributed by atoms with Gasteiger partial charge in [-0.05, 0) is 38.8 Å². The van der Waals surface area contributed by atoms with Crippen LogP contribution >= 0.6 is 0 Å². The Balaban J connectivity index is 2.23. The second kappa shape index (κ2) is 7.06. The van der Waals surface area contributed by atoms with Crippen LogP contribution in [0.25, 0.3) is 0 Å². The minimum atomic E-state index is -0.421. The van der Waals surface area contributed by atoms with Gasteiger partial charge in [-0.15, -0.1) is 0 Å². The molecule has 21 heavy (non-hydrogen) atoms. The van der Waals surface area contributed by atoms with Crippen molar-refractivity contribution in [1.29, 1.82) is 0 Å². The van der Waals surface area contributed by atoms with Gasteiger partial charge in [-0.3, -0.25) is 4.79 Å². The molecule has 1 aliphatic carbocycles. The molecule has 1 heterocycles. The summed E-state index contributed by atoms with van der Waals surface area (Å²) in [5.74, 6) is -0.244. The molecule has 0 aliphatic heterocycles. The molecule has 6 nitrogen and oxygen atoms in total. The molecule has 0 saturated heterocycles. The van der Waals surface area contributed by atoms with E-state index in [0.29, 0.717) is 24.6 Å². The van der Waals surface area contributed by atoms with Gasteiger partial charge in [0.1, 0.15) is 17.9 Å². The summed E-state index contributed by atoms with van der Waals surface area (Å²) in [6.45, 7) is 4.26. The van der Waals surface area contributed by atoms with Gasteiger partial charge in [0.25, 0.3) is 0 Å². The molecule has 0 atom stereocenters. The molecule has 0 aromatic carbocycles. The summed E-state index contributed by atoms with van der Waals surface area (Å²) in [5.41, 5.74) is 0.385. The number of nitrogens with zero attached hydrogens (tertiary/aromatic N) is 2. The average Bonchev–Trinajstić information content (AvgIpc) is 3.30. The topological polar surface area (TPSA) is 68.7 Å². The van der Waals surface area contributed by atoms with Gasteiger partial charge in [-0.1, -0.05) is 0 Å². The Morgan fingerprint density at radius 2 is 2.00 bits per heavy atom. The van der Waals surface area contributed by atoms with Gasteiger partial charge in [-0.25, -0.2) is 9.78 Å². The van der Waals surface area contributed by atoms with E-state index in [4.69, 9.17) is 9.47 Å². The molecule has 1 aromatic rings. The first kappa shape index (κ1) is 15.3. The predicted octanol–water partition coefficient (Wildman–Crippen LogP) is 1.79. The normalized spacial score (nSPS) is 13.6. The zero-order chi connectivity index (χ0) is 15.2. The minimum Gasteiger partial charge on any atom is -0.465 e. The maximum Gasteiger partial charge on any atom is 0.341 e. The van der Waals surface area contributed by atoms with E-state index >= 15 is 0 Å². The molecule has 1 aliphatic rings. The fourth-order valence-corrected chi connectivity index (χ4v) is 2.10. The van der Waals surface area contributed by atoms with Crippen LogP contribution in [0, 0.1) is 0 Å². The third kappa shape index (κ3) is 3.93. The number of ether oxygens (including phenoxy) is 2. The summed E-state index contributed by atoms with van der Waals surface area (Å²) in [5, 5.41) is 0. The van der Waals surface area contributed by atoms with Gasteiger partial charge in [0.15, 0.2) is 0 Å². The standard InChI is InChI=1S/C15H20N2O4/c1-3-20-13(18)10-17(11-7-8-11)14-12(6-5-9-16-14)15(19)21-4-2/h5-6,9,11H,3-4,7-8,10H2,1-2H3. The lowest BCUT2D eigenvalue weighted by molar-refractivity contribution is -0.141. The van der Waals surface area contributed by atoms with Crippen LogP contribution in [-0.4, -0.2) is 42.7 Å². The average molecular weight is 292 g/mol. The summed E-state index contributed by atoms with van der Waals surface area (Å²) in [4.78, 5) is 29.9. The van der Waals surface area contributed by atoms with Crippen molar-refractivity contribution in [3.63, 3.8) is 0 Å². The summed E-state index contributed by atoms with van der Waals surface area (Å²) < 4.78 is 10.0. The van der Waals surface area contributed by atoms with Gasteiger partial charge < -0.3 is 14.4 Å². The van der Waals surface area contributed by atoms with Crippen LogP contribution in [0.2, 0.25) is 0 Å². The first-order chi connectivity index (χ1) is 10.2. The number of hydrogen-bond donors (Lipinski definition) is 0. The van der Waals surface area contributed by atoms with Crippen molar-refractivity contribution < 1.29 is 19.1 Å². The van der Waals surface area contributed by atoms with Crippen molar-refractivity contribution >= 4 is 17.8 Å². The smallest absolute Gasteiger partial charge is 0.341 e. The maximum absolute atomic E-state index is 12.0. The number of aromatic nitrogens is 1. The number of anilines is 1. The molecule has 0 spiro atoms. The first-order valence-corrected chi connectivity index (χ1v) is 7.21. The highest BCUT2D eigenvalue weighted by Crippen LogP contribution is 2.32. The quantitative estimate of drug-likeness (QED) is 0.714. The molecular weight excluding hydrogens is 272 g/mol. The second-order valence-electron chi connectivity index (χ2n) is 4.76. The fourth-order valence-electron chi connectivity index (χ4n) is 2.10. The molecular formula is C15H20N2O4. The number of rotatable bonds is 7. The van der Waals surface area contributed by atoms with Crippen molar-refractivity contribution in [1.82, 2.24) is 4.98 Å². The van der Waals surface area contributed by atoms with Crippen molar-refractivity contribution in [3.05, 3.63) is 23.9 Å². The van der Waals surface area contributed by atoms with E-state index in [0.717, 1.165) is 12.8 Å². The number of pyridine rings is 1. The lowest BCUT2D eigenvalue weighted by Crippen LogP contribution is -2.35. The number of esters is 2. The van der Waals surface area contributed by atoms with Crippen molar-refractivity contribution in [2.45, 2.75) is 32.7 Å². The zero-order valence-electron chi connectivity index (χ0n) is 12.4. The highest BCUT2D eigenvalue weighted by molar-refractivity contribution is 5.95. The Labute approximate surface area is 124 Å². The first-order valence-electron chi connectivity index (χ1n) is 7.21. The molecule has 0 unspecified atom stereocenters. The molecule has 0 radical (unpaired) electrons. The van der Waals surface area contributed by atoms with Crippen LogP contribution in [0.15, 0.2) is 18.3 Å². The van der Waals surface area contributed by atoms with Crippen molar-refractivity contribution in [3.8, 4) is 0 Å². The Hall–Kier alpha value is -2.11. The highest BCUT2D eigenvalue weighted by Gasteiger charge is 2.34. The molecule has 1 aromatic heterocycles. The summed E-state index contributed by atoms with van der Waals surface area (Å²) >= 11 is 0. The van der Waals surface area contributed by atoms with Crippen LogP contribution in [-0.2, 0) is 14.3 Å². The van der Waals surface area contributed by atoms with E-state index in [1.54, 1.807) is 32.2 Å². The van der Waals surface area contributed by atoms with Gasteiger partial charge in [-0.2, -0.15) is 0 Å². The molecule has 0 N–H and O–H groups in total. The third-order valence-corrected chi connectivity index (χ3v) is 3.15. The molecule has 114 valence electrons. The van der Waals surface area contributed by atoms with E-state index in [1.165, 1.54) is 0 Å². The number of hydrogen-bond acceptors (Lipinski definition) is 6. The van der Waals surface area contributed by atoms with Gasteiger partial charge in [0, 0.05) is 12.2 Å². The summed E-state index contributed by atoms with van der Waals surface area (Å²) in [6, 6.07) is 3.59. The molecule has 1 fully saturated rings. The Bertz CT molecular complexity index is 514. The van der Waals surface area contributed by atoms with E-state index in [-0.39, 0.29) is 18.6 Å². The number of carbonyl (C=O) groups is 2. The molecule has 0 bridgehead atoms. The van der Waals surface area contributed by atoms with Crippen LogP contribution in [0.5, 0.6) is 0 Å². The summed E-state index contributed by atoms with van der Waals surface area (Å²) in [6.07, 6.45) is 3.58. The van der Waals surface area contributed by atoms with Gasteiger partial charge in [0.2, 0.25) is 0 Å². The zero-order valence-corrected chi connectivity index (χ0v) is 12.4. The number of carbonyl (C=O) groups excluding carboxylic acids is 2. The van der Waals surface area contributed by atoms with Crippen LogP contribution in [0.4, 0.5) is 5.82 Å². The molecule has 6 heteroatoms. The van der Waals surface area contributed by atoms with Crippen molar-refractivity contribution in [2.75, 3.05) is 24.7 Å². The third-order valence-electron chi connectivity index (χ3n) is 3.15. The van der Waals surface area contributed by atoms with E-state index in [2.05, 4.69) is 4.98 Å². The summed E-state index contributed by atoms with van der Waals surface area (Å²) in [7, 11) is 0. The Kier molecular flexibility index (Phi) is 5.14. The maximum atomic E-state index is 12.0. The highest BCUT2D eigenvalue weighted by atomic mass is 16.5. The van der Waals surface area contributed by atoms with E-state index < -0.39 is 5.97 Å². The largest absolute Gasteiger partial charge is 0.465 e. The Morgan fingerprint density at radius 3 is 2.62 bits per heavy atom.